The zero-order chi connectivity index (χ0) is 17.9. The van der Waals surface area contributed by atoms with Crippen LogP contribution in [0.1, 0.15) is 12.0 Å². The number of nitrogens with one attached hydrogen (secondary N) is 1. The maximum absolute atomic E-state index is 12.6. The summed E-state index contributed by atoms with van der Waals surface area (Å²) in [5, 5.41) is 1.96. The Balaban J connectivity index is 1.33. The highest BCUT2D eigenvalue weighted by Crippen LogP contribution is 2.22. The van der Waals surface area contributed by atoms with E-state index in [9.17, 15) is 4.79 Å². The maximum atomic E-state index is 12.6. The van der Waals surface area contributed by atoms with Crippen LogP contribution in [0.25, 0.3) is 10.9 Å². The minimum absolute atomic E-state index is 0.239. The van der Waals surface area contributed by atoms with E-state index in [1.165, 1.54) is 10.9 Å². The summed E-state index contributed by atoms with van der Waals surface area (Å²) in [7, 11) is 0. The van der Waals surface area contributed by atoms with E-state index >= 15 is 0 Å². The summed E-state index contributed by atoms with van der Waals surface area (Å²) in [4.78, 5) is 20.1. The van der Waals surface area contributed by atoms with Crippen LogP contribution in [0.15, 0.2) is 54.7 Å². The Labute approximate surface area is 158 Å². The molecular weight excluding hydrogens is 346 g/mol. The molecule has 0 saturated carbocycles. The first-order valence-corrected chi connectivity index (χ1v) is 9.42. The summed E-state index contributed by atoms with van der Waals surface area (Å²) in [6.07, 6.45) is 3.29. The molecule has 0 aliphatic carbocycles. The Bertz CT molecular complexity index is 912. The van der Waals surface area contributed by atoms with Crippen LogP contribution in [0, 0.1) is 0 Å². The van der Waals surface area contributed by atoms with E-state index in [1.807, 2.05) is 35.4 Å². The van der Waals surface area contributed by atoms with E-state index in [-0.39, 0.29) is 5.91 Å². The van der Waals surface area contributed by atoms with Gasteiger partial charge in [-0.3, -0.25) is 4.79 Å². The molecule has 3 aromatic rings. The quantitative estimate of drug-likeness (QED) is 0.754. The minimum atomic E-state index is 0.239. The van der Waals surface area contributed by atoms with Crippen molar-refractivity contribution in [1.29, 1.82) is 0 Å². The fourth-order valence-corrected chi connectivity index (χ4v) is 3.84. The zero-order valence-electron chi connectivity index (χ0n) is 14.6. The third-order valence-corrected chi connectivity index (χ3v) is 5.33. The topological polar surface area (TPSA) is 39.3 Å². The maximum Gasteiger partial charge on any atom is 0.223 e. The smallest absolute Gasteiger partial charge is 0.223 e. The molecule has 0 atom stereocenters. The number of aryl methyl sites for hydroxylation is 1. The largest absolute Gasteiger partial charge is 0.368 e. The molecule has 0 radical (unpaired) electrons. The summed E-state index contributed by atoms with van der Waals surface area (Å²) in [5.41, 5.74) is 3.49. The third kappa shape index (κ3) is 3.56. The Morgan fingerprint density at radius 1 is 1.04 bits per heavy atom. The van der Waals surface area contributed by atoms with E-state index < -0.39 is 0 Å². The van der Waals surface area contributed by atoms with Crippen LogP contribution in [-0.4, -0.2) is 42.0 Å². The predicted molar refractivity (Wildman–Crippen MR) is 107 cm³/mol. The molecule has 0 unspecified atom stereocenters. The van der Waals surface area contributed by atoms with Crippen LogP contribution in [0.4, 0.5) is 5.69 Å². The number of hydrogen-bond donors (Lipinski definition) is 1. The fourth-order valence-electron chi connectivity index (χ4n) is 3.66. The molecule has 2 heterocycles. The lowest BCUT2D eigenvalue weighted by Crippen LogP contribution is -2.48. The average molecular weight is 368 g/mol. The van der Waals surface area contributed by atoms with Crippen LogP contribution in [0.3, 0.4) is 0 Å². The highest BCUT2D eigenvalue weighted by molar-refractivity contribution is 6.30. The predicted octanol–water partition coefficient (Wildman–Crippen LogP) is 4.10. The lowest BCUT2D eigenvalue weighted by molar-refractivity contribution is -0.131. The second-order valence-electron chi connectivity index (χ2n) is 6.70. The lowest BCUT2D eigenvalue weighted by atomic mass is 10.0. The van der Waals surface area contributed by atoms with E-state index in [1.54, 1.807) is 0 Å². The van der Waals surface area contributed by atoms with Gasteiger partial charge in [0.25, 0.3) is 0 Å². The molecule has 4 nitrogen and oxygen atoms in total. The summed E-state index contributed by atoms with van der Waals surface area (Å²) in [6.45, 7) is 3.22. The molecule has 5 heteroatoms. The Morgan fingerprint density at radius 3 is 2.65 bits per heavy atom. The number of aromatic nitrogens is 1. The monoisotopic (exact) mass is 367 g/mol. The molecule has 134 valence electrons. The first-order chi connectivity index (χ1) is 12.7. The van der Waals surface area contributed by atoms with E-state index in [2.05, 4.69) is 34.1 Å². The Morgan fingerprint density at radius 2 is 1.85 bits per heavy atom. The average Bonchev–Trinajstić information content (AvgIpc) is 3.15. The van der Waals surface area contributed by atoms with Gasteiger partial charge >= 0.3 is 0 Å². The van der Waals surface area contributed by atoms with Crippen molar-refractivity contribution >= 4 is 34.1 Å². The van der Waals surface area contributed by atoms with Gasteiger partial charge in [-0.25, -0.2) is 0 Å². The summed E-state index contributed by atoms with van der Waals surface area (Å²) < 4.78 is 0. The van der Waals surface area contributed by atoms with Gasteiger partial charge in [-0.1, -0.05) is 29.8 Å². The van der Waals surface area contributed by atoms with Gasteiger partial charge in [0.2, 0.25) is 5.91 Å². The highest BCUT2D eigenvalue weighted by atomic mass is 35.5. The van der Waals surface area contributed by atoms with Crippen molar-refractivity contribution < 1.29 is 4.79 Å². The molecule has 0 spiro atoms. The van der Waals surface area contributed by atoms with Crippen LogP contribution in [-0.2, 0) is 11.2 Å². The van der Waals surface area contributed by atoms with Crippen LogP contribution < -0.4 is 4.90 Å². The van der Waals surface area contributed by atoms with Crippen molar-refractivity contribution in [2.75, 3.05) is 31.1 Å². The minimum Gasteiger partial charge on any atom is -0.368 e. The van der Waals surface area contributed by atoms with Crippen molar-refractivity contribution in [3.8, 4) is 0 Å². The van der Waals surface area contributed by atoms with E-state index in [0.29, 0.717) is 6.42 Å². The van der Waals surface area contributed by atoms with E-state index in [0.717, 1.165) is 48.8 Å². The molecule has 1 N–H and O–H groups in total. The first-order valence-electron chi connectivity index (χ1n) is 9.04. The number of halogens is 1. The zero-order valence-corrected chi connectivity index (χ0v) is 15.4. The molecule has 1 fully saturated rings. The second kappa shape index (κ2) is 7.42. The number of carbonyl (C=O) groups is 1. The molecule has 0 bridgehead atoms. The van der Waals surface area contributed by atoms with Gasteiger partial charge in [0.1, 0.15) is 0 Å². The van der Waals surface area contributed by atoms with Crippen LogP contribution in [0.5, 0.6) is 0 Å². The number of piperazine rings is 1. The van der Waals surface area contributed by atoms with Crippen molar-refractivity contribution in [3.63, 3.8) is 0 Å². The molecule has 1 aliphatic rings. The first kappa shape index (κ1) is 17.0. The number of fused-ring (bicyclic) bond motifs is 1. The molecule has 26 heavy (non-hydrogen) atoms. The number of benzene rings is 2. The van der Waals surface area contributed by atoms with Crippen LogP contribution >= 0.6 is 11.6 Å². The summed E-state index contributed by atoms with van der Waals surface area (Å²) >= 11 is 6.08. The fraction of sp³-hybridized carbons (Fsp3) is 0.286. The Kier molecular flexibility index (Phi) is 4.85. The van der Waals surface area contributed by atoms with Gasteiger partial charge in [-0.05, 0) is 42.3 Å². The number of rotatable bonds is 4. The van der Waals surface area contributed by atoms with Gasteiger partial charge in [-0.2, -0.15) is 0 Å². The number of anilines is 1. The summed E-state index contributed by atoms with van der Waals surface area (Å²) in [6, 6.07) is 16.2. The molecule has 4 rings (SSSR count). The third-order valence-electron chi connectivity index (χ3n) is 5.10. The standard InChI is InChI=1S/C21H22ClN3O/c22-17-4-2-5-18(15-17)24-11-13-25(14-12-24)21(26)8-7-16-3-1-6-20-19(16)9-10-23-20/h1-6,9-10,15,23H,7-8,11-14H2. The van der Waals surface area contributed by atoms with Gasteiger partial charge in [0.05, 0.1) is 0 Å². The number of aromatic amines is 1. The van der Waals surface area contributed by atoms with Gasteiger partial charge in [-0.15, -0.1) is 0 Å². The Hall–Kier alpha value is -2.46. The van der Waals surface area contributed by atoms with Crippen molar-refractivity contribution in [3.05, 3.63) is 65.3 Å². The molecule has 1 aromatic heterocycles. The SMILES string of the molecule is O=C(CCc1cccc2[nH]ccc12)N1CCN(c2cccc(Cl)c2)CC1. The molecule has 1 aliphatic heterocycles. The lowest BCUT2D eigenvalue weighted by Gasteiger charge is -2.36. The molecular formula is C21H22ClN3O. The van der Waals surface area contributed by atoms with E-state index in [4.69, 9.17) is 11.6 Å². The number of H-pyrrole nitrogens is 1. The number of carbonyl (C=O) groups excluding carboxylic acids is 1. The molecule has 2 aromatic carbocycles. The molecule has 1 saturated heterocycles. The van der Waals surface area contributed by atoms with Gasteiger partial charge < -0.3 is 14.8 Å². The number of amides is 1. The van der Waals surface area contributed by atoms with Crippen molar-refractivity contribution in [2.45, 2.75) is 12.8 Å². The van der Waals surface area contributed by atoms with Crippen molar-refractivity contribution in [1.82, 2.24) is 9.88 Å². The normalized spacial score (nSPS) is 14.8. The highest BCUT2D eigenvalue weighted by Gasteiger charge is 2.21. The second-order valence-corrected chi connectivity index (χ2v) is 7.14. The molecule has 1 amide bonds. The van der Waals surface area contributed by atoms with Gasteiger partial charge in [0, 0.05) is 60.4 Å². The number of hydrogen-bond acceptors (Lipinski definition) is 2. The summed E-state index contributed by atoms with van der Waals surface area (Å²) in [5.74, 6) is 0.239. The van der Waals surface area contributed by atoms with Gasteiger partial charge in [0.15, 0.2) is 0 Å². The van der Waals surface area contributed by atoms with Crippen molar-refractivity contribution in [2.24, 2.45) is 0 Å². The van der Waals surface area contributed by atoms with Crippen LogP contribution in [0.2, 0.25) is 5.02 Å². The number of nitrogens with zero attached hydrogens (tertiary/aromatic N) is 2.